The molecule has 0 aliphatic carbocycles. The van der Waals surface area contributed by atoms with Crippen molar-refractivity contribution < 1.29 is 10.0 Å². The van der Waals surface area contributed by atoms with E-state index in [-0.39, 0.29) is 24.2 Å². The Morgan fingerprint density at radius 2 is 1.55 bits per heavy atom. The fourth-order valence-corrected chi connectivity index (χ4v) is 3.66. The van der Waals surface area contributed by atoms with E-state index in [2.05, 4.69) is 0 Å². The molecule has 7 heteroatoms. The summed E-state index contributed by atoms with van der Waals surface area (Å²) >= 11 is 0. The molecule has 0 aliphatic heterocycles. The van der Waals surface area contributed by atoms with Gasteiger partial charge in [0.2, 0.25) is 0 Å². The highest BCUT2D eigenvalue weighted by atomic mass is 16.5. The number of hydrogen-bond donors (Lipinski definition) is 2. The fourth-order valence-electron chi connectivity index (χ4n) is 3.66. The number of hydrogen-bond acceptors (Lipinski definition) is 4. The zero-order valence-electron chi connectivity index (χ0n) is 16.7. The Morgan fingerprint density at radius 1 is 0.839 bits per heavy atom. The standard InChI is InChI=1S/C24H21N3O4/c28-22(25-31)19-10-6-9-18(15-19)16-27-21-12-5-4-11-20(21)23(29)26(24(27)30)14-13-17-7-2-1-3-8-17/h1-12,15,31H,13-14,16H2,(H,25,28). The molecule has 1 amide bonds. The third kappa shape index (κ3) is 4.17. The van der Waals surface area contributed by atoms with Gasteiger partial charge in [-0.1, -0.05) is 54.6 Å². The maximum absolute atomic E-state index is 13.3. The van der Waals surface area contributed by atoms with E-state index in [1.165, 1.54) is 9.13 Å². The summed E-state index contributed by atoms with van der Waals surface area (Å²) in [5.41, 5.74) is 3.42. The Bertz CT molecular complexity index is 1360. The minimum absolute atomic E-state index is 0.178. The average Bonchev–Trinajstić information content (AvgIpc) is 2.82. The van der Waals surface area contributed by atoms with Crippen LogP contribution in [0, 0.1) is 0 Å². The summed E-state index contributed by atoms with van der Waals surface area (Å²) in [6, 6.07) is 23.3. The lowest BCUT2D eigenvalue weighted by molar-refractivity contribution is 0.0706. The highest BCUT2D eigenvalue weighted by Crippen LogP contribution is 2.12. The average molecular weight is 415 g/mol. The van der Waals surface area contributed by atoms with Crippen LogP contribution < -0.4 is 16.7 Å². The molecule has 156 valence electrons. The van der Waals surface area contributed by atoms with Crippen molar-refractivity contribution in [2.75, 3.05) is 0 Å². The summed E-state index contributed by atoms with van der Waals surface area (Å²) in [5.74, 6) is -0.633. The molecule has 3 aromatic carbocycles. The molecular weight excluding hydrogens is 394 g/mol. The molecule has 1 aromatic heterocycles. The maximum atomic E-state index is 13.3. The summed E-state index contributed by atoms with van der Waals surface area (Å²) in [5, 5.41) is 9.34. The van der Waals surface area contributed by atoms with Crippen LogP contribution in [-0.4, -0.2) is 20.2 Å². The van der Waals surface area contributed by atoms with Gasteiger partial charge >= 0.3 is 5.69 Å². The number of hydroxylamine groups is 1. The van der Waals surface area contributed by atoms with Crippen LogP contribution in [0.15, 0.2) is 88.5 Å². The van der Waals surface area contributed by atoms with E-state index in [1.807, 2.05) is 30.3 Å². The largest absolute Gasteiger partial charge is 0.331 e. The van der Waals surface area contributed by atoms with Crippen LogP contribution in [0.2, 0.25) is 0 Å². The summed E-state index contributed by atoms with van der Waals surface area (Å²) in [6.07, 6.45) is 0.556. The van der Waals surface area contributed by atoms with Crippen molar-refractivity contribution in [3.8, 4) is 0 Å². The van der Waals surface area contributed by atoms with Gasteiger partial charge in [-0.2, -0.15) is 0 Å². The number of aryl methyl sites for hydroxylation is 1. The molecule has 0 radical (unpaired) electrons. The van der Waals surface area contributed by atoms with Gasteiger partial charge in [-0.3, -0.25) is 23.9 Å². The van der Waals surface area contributed by atoms with E-state index in [0.717, 1.165) is 5.56 Å². The minimum atomic E-state index is -0.633. The van der Waals surface area contributed by atoms with Crippen LogP contribution in [0.1, 0.15) is 21.5 Å². The number of rotatable bonds is 6. The van der Waals surface area contributed by atoms with Gasteiger partial charge < -0.3 is 0 Å². The van der Waals surface area contributed by atoms with Crippen LogP contribution in [0.3, 0.4) is 0 Å². The normalized spacial score (nSPS) is 10.9. The lowest BCUT2D eigenvalue weighted by Gasteiger charge is -2.15. The van der Waals surface area contributed by atoms with Crippen molar-refractivity contribution in [2.45, 2.75) is 19.5 Å². The van der Waals surface area contributed by atoms with Gasteiger partial charge in [0.1, 0.15) is 0 Å². The molecule has 0 atom stereocenters. The van der Waals surface area contributed by atoms with Gasteiger partial charge in [-0.05, 0) is 41.8 Å². The Kier molecular flexibility index (Phi) is 5.77. The first kappa shape index (κ1) is 20.3. The van der Waals surface area contributed by atoms with E-state index in [4.69, 9.17) is 5.21 Å². The Labute approximate surface area is 177 Å². The number of nitrogens with zero attached hydrogens (tertiary/aromatic N) is 2. The molecule has 0 fully saturated rings. The maximum Gasteiger partial charge on any atom is 0.331 e. The molecule has 4 aromatic rings. The molecule has 4 rings (SSSR count). The zero-order valence-corrected chi connectivity index (χ0v) is 16.7. The molecule has 2 N–H and O–H groups in total. The molecule has 0 saturated carbocycles. The summed E-state index contributed by atoms with van der Waals surface area (Å²) < 4.78 is 2.80. The molecule has 0 aliphatic rings. The smallest absolute Gasteiger partial charge is 0.289 e. The van der Waals surface area contributed by atoms with Crippen molar-refractivity contribution in [2.24, 2.45) is 0 Å². The van der Waals surface area contributed by atoms with Crippen LogP contribution in [0.4, 0.5) is 0 Å². The topological polar surface area (TPSA) is 93.3 Å². The third-order valence-electron chi connectivity index (χ3n) is 5.23. The molecule has 0 spiro atoms. The van der Waals surface area contributed by atoms with E-state index in [0.29, 0.717) is 22.9 Å². The fraction of sp³-hybridized carbons (Fsp3) is 0.125. The SMILES string of the molecule is O=C(NO)c1cccc(Cn2c(=O)n(CCc3ccccc3)c(=O)c3ccccc32)c1. The van der Waals surface area contributed by atoms with Crippen molar-refractivity contribution in [1.29, 1.82) is 0 Å². The van der Waals surface area contributed by atoms with E-state index in [1.54, 1.807) is 54.0 Å². The first-order valence-corrected chi connectivity index (χ1v) is 9.88. The quantitative estimate of drug-likeness (QED) is 0.374. The second-order valence-electron chi connectivity index (χ2n) is 7.22. The number of amides is 1. The molecule has 0 saturated heterocycles. The van der Waals surface area contributed by atoms with Crippen molar-refractivity contribution >= 4 is 16.8 Å². The van der Waals surface area contributed by atoms with Crippen molar-refractivity contribution in [1.82, 2.24) is 14.6 Å². The van der Waals surface area contributed by atoms with E-state index < -0.39 is 11.6 Å². The Morgan fingerprint density at radius 3 is 2.32 bits per heavy atom. The van der Waals surface area contributed by atoms with Crippen LogP contribution in [-0.2, 0) is 19.5 Å². The van der Waals surface area contributed by atoms with Crippen LogP contribution in [0.5, 0.6) is 0 Å². The second-order valence-corrected chi connectivity index (χ2v) is 7.22. The number of carbonyl (C=O) groups excluding carboxylic acids is 1. The lowest BCUT2D eigenvalue weighted by Crippen LogP contribution is -2.40. The van der Waals surface area contributed by atoms with Gasteiger partial charge in [0.15, 0.2) is 0 Å². The number of benzene rings is 3. The molecule has 7 nitrogen and oxygen atoms in total. The number of fused-ring (bicyclic) bond motifs is 1. The van der Waals surface area contributed by atoms with E-state index >= 15 is 0 Å². The predicted molar refractivity (Wildman–Crippen MR) is 117 cm³/mol. The number of para-hydroxylation sites is 1. The summed E-state index contributed by atoms with van der Waals surface area (Å²) in [6.45, 7) is 0.441. The molecule has 1 heterocycles. The predicted octanol–water partition coefficient (Wildman–Crippen LogP) is 2.57. The van der Waals surface area contributed by atoms with Crippen molar-refractivity contribution in [3.63, 3.8) is 0 Å². The highest BCUT2D eigenvalue weighted by molar-refractivity contribution is 5.93. The van der Waals surface area contributed by atoms with E-state index in [9.17, 15) is 14.4 Å². The molecule has 0 bridgehead atoms. The summed E-state index contributed by atoms with van der Waals surface area (Å²) in [4.78, 5) is 38.1. The third-order valence-corrected chi connectivity index (χ3v) is 5.23. The first-order valence-electron chi connectivity index (χ1n) is 9.88. The lowest BCUT2D eigenvalue weighted by atomic mass is 10.1. The monoisotopic (exact) mass is 415 g/mol. The van der Waals surface area contributed by atoms with Crippen LogP contribution >= 0.6 is 0 Å². The van der Waals surface area contributed by atoms with Gasteiger partial charge in [-0.25, -0.2) is 10.3 Å². The molecule has 31 heavy (non-hydrogen) atoms. The van der Waals surface area contributed by atoms with Crippen molar-refractivity contribution in [3.05, 3.63) is 116 Å². The Balaban J connectivity index is 1.78. The zero-order chi connectivity index (χ0) is 21.8. The van der Waals surface area contributed by atoms with Crippen LogP contribution in [0.25, 0.3) is 10.9 Å². The minimum Gasteiger partial charge on any atom is -0.289 e. The second kappa shape index (κ2) is 8.81. The van der Waals surface area contributed by atoms with Gasteiger partial charge in [0, 0.05) is 12.1 Å². The Hall–Kier alpha value is -3.97. The number of nitrogens with one attached hydrogen (secondary N) is 1. The number of carbonyl (C=O) groups is 1. The number of aromatic nitrogens is 2. The van der Waals surface area contributed by atoms with Gasteiger partial charge in [-0.15, -0.1) is 0 Å². The first-order chi connectivity index (χ1) is 15.1. The highest BCUT2D eigenvalue weighted by Gasteiger charge is 2.14. The van der Waals surface area contributed by atoms with Gasteiger partial charge in [0.05, 0.1) is 17.4 Å². The summed E-state index contributed by atoms with van der Waals surface area (Å²) in [7, 11) is 0. The molecule has 0 unspecified atom stereocenters. The molecular formula is C24H21N3O4. The van der Waals surface area contributed by atoms with Gasteiger partial charge in [0.25, 0.3) is 11.5 Å².